The van der Waals surface area contributed by atoms with Crippen molar-refractivity contribution in [2.45, 2.75) is 37.6 Å². The van der Waals surface area contributed by atoms with Crippen molar-refractivity contribution < 1.29 is 43.5 Å². The number of nitrogens with zero attached hydrogens (tertiary/aromatic N) is 2. The van der Waals surface area contributed by atoms with Crippen molar-refractivity contribution in [2.75, 3.05) is 20.5 Å². The van der Waals surface area contributed by atoms with Gasteiger partial charge in [-0.15, -0.1) is 0 Å². The maximum atomic E-state index is 11.9. The van der Waals surface area contributed by atoms with Crippen molar-refractivity contribution in [2.24, 2.45) is 0 Å². The van der Waals surface area contributed by atoms with Gasteiger partial charge in [-0.05, 0) is 12.1 Å². The highest BCUT2D eigenvalue weighted by Gasteiger charge is 2.44. The first-order valence-corrected chi connectivity index (χ1v) is 9.99. The molecule has 2 aromatic heterocycles. The summed E-state index contributed by atoms with van der Waals surface area (Å²) in [7, 11) is 1.48. The van der Waals surface area contributed by atoms with E-state index in [0.717, 1.165) is 16.8 Å². The number of carbonyl (C=O) groups excluding carboxylic acids is 2. The molecule has 4 atom stereocenters. The zero-order valence-corrected chi connectivity index (χ0v) is 18.0. The predicted molar refractivity (Wildman–Crippen MR) is 109 cm³/mol. The number of hydrogen-bond donors (Lipinski definition) is 3. The van der Waals surface area contributed by atoms with Gasteiger partial charge in [0.25, 0.3) is 5.56 Å². The van der Waals surface area contributed by atoms with Gasteiger partial charge in [-0.3, -0.25) is 28.9 Å². The molecule has 1 fully saturated rings. The summed E-state index contributed by atoms with van der Waals surface area (Å²) in [5.74, 6) is -1.34. The van der Waals surface area contributed by atoms with Crippen LogP contribution in [0.2, 0.25) is 0 Å². The van der Waals surface area contributed by atoms with Gasteiger partial charge in [0.15, 0.2) is 13.0 Å². The van der Waals surface area contributed by atoms with E-state index in [1.54, 1.807) is 12.1 Å². The van der Waals surface area contributed by atoms with E-state index in [2.05, 4.69) is 4.98 Å². The third-order valence-electron chi connectivity index (χ3n) is 4.68. The lowest BCUT2D eigenvalue weighted by Crippen LogP contribution is -2.37. The molecule has 1 aliphatic rings. The molecular weight excluding hydrogens is 458 g/mol. The van der Waals surface area contributed by atoms with Gasteiger partial charge < -0.3 is 33.9 Å². The predicted octanol–water partition coefficient (Wildman–Crippen LogP) is -1.79. The van der Waals surface area contributed by atoms with Crippen LogP contribution in [0.5, 0.6) is 5.75 Å². The van der Waals surface area contributed by atoms with Crippen LogP contribution in [0.4, 0.5) is 0 Å². The fraction of sp³-hybridized carbons (Fsp3) is 0.450. The molecule has 3 rings (SSSR count). The molecule has 14 nitrogen and oxygen atoms in total. The number of pyridine rings is 1. The molecule has 0 unspecified atom stereocenters. The minimum Gasteiger partial charge on any atom is -0.466 e. The van der Waals surface area contributed by atoms with Crippen molar-refractivity contribution in [1.29, 1.82) is 0 Å². The Kier molecular flexibility index (Phi) is 8.48. The van der Waals surface area contributed by atoms with Crippen LogP contribution in [0.25, 0.3) is 0 Å². The molecule has 3 N–H and O–H groups in total. The maximum Gasteiger partial charge on any atom is 0.330 e. The highest BCUT2D eigenvalue weighted by atomic mass is 16.7. The quantitative estimate of drug-likeness (QED) is 0.197. The number of hydrogen-bond acceptors (Lipinski definition) is 12. The largest absolute Gasteiger partial charge is 0.466 e. The molecule has 0 aliphatic carbocycles. The molecule has 0 aromatic carbocycles. The molecule has 2 aromatic rings. The molecule has 3 heterocycles. The van der Waals surface area contributed by atoms with E-state index in [1.807, 2.05) is 4.98 Å². The van der Waals surface area contributed by atoms with Gasteiger partial charge >= 0.3 is 17.6 Å². The summed E-state index contributed by atoms with van der Waals surface area (Å²) >= 11 is 0. The SMILES string of the molecule is COCOc1ccc(COC(=O)CC(=O)OC[C@H]2O[C@@H](n3ccc(=O)[nH]c3=O)[C@H](O)[C@@H]2O)nc1. The van der Waals surface area contributed by atoms with Gasteiger partial charge in [0.2, 0.25) is 0 Å². The van der Waals surface area contributed by atoms with Crippen LogP contribution < -0.4 is 16.0 Å². The Balaban J connectivity index is 1.43. The molecule has 0 saturated carbocycles. The van der Waals surface area contributed by atoms with E-state index < -0.39 is 60.8 Å². The second kappa shape index (κ2) is 11.5. The number of aromatic nitrogens is 3. The number of esters is 2. The van der Waals surface area contributed by atoms with Gasteiger partial charge in [-0.1, -0.05) is 0 Å². The average molecular weight is 481 g/mol. The topological polar surface area (TPSA) is 188 Å². The fourth-order valence-electron chi connectivity index (χ4n) is 2.98. The van der Waals surface area contributed by atoms with Gasteiger partial charge in [0, 0.05) is 19.4 Å². The molecule has 0 spiro atoms. The number of rotatable bonds is 10. The van der Waals surface area contributed by atoms with E-state index in [4.69, 9.17) is 23.7 Å². The third-order valence-corrected chi connectivity index (χ3v) is 4.68. The van der Waals surface area contributed by atoms with Crippen LogP contribution in [0, 0.1) is 0 Å². The van der Waals surface area contributed by atoms with Crippen LogP contribution in [0.15, 0.2) is 40.2 Å². The second-order valence-corrected chi connectivity index (χ2v) is 7.12. The molecule has 34 heavy (non-hydrogen) atoms. The summed E-state index contributed by atoms with van der Waals surface area (Å²) < 4.78 is 26.2. The van der Waals surface area contributed by atoms with E-state index in [-0.39, 0.29) is 13.4 Å². The standard InChI is InChI=1S/C20H23N3O11/c1-30-10-33-12-3-2-11(21-7-12)8-31-15(25)6-16(26)32-9-13-17(27)18(28)19(34-13)23-5-4-14(24)22-20(23)29/h2-5,7,13,17-19,27-28H,6,8-10H2,1H3,(H,22,24,29)/t13-,17-,18-,19-/m1/s1. The van der Waals surface area contributed by atoms with Crippen LogP contribution in [-0.4, -0.2) is 75.5 Å². The molecule has 1 saturated heterocycles. The zero-order chi connectivity index (χ0) is 24.7. The van der Waals surface area contributed by atoms with Crippen molar-refractivity contribution in [1.82, 2.24) is 14.5 Å². The maximum absolute atomic E-state index is 11.9. The number of aliphatic hydroxyl groups excluding tert-OH is 2. The van der Waals surface area contributed by atoms with Gasteiger partial charge in [-0.25, -0.2) is 4.79 Å². The zero-order valence-electron chi connectivity index (χ0n) is 18.0. The van der Waals surface area contributed by atoms with Crippen molar-refractivity contribution in [3.63, 3.8) is 0 Å². The van der Waals surface area contributed by atoms with E-state index in [1.165, 1.54) is 13.3 Å². The molecule has 0 amide bonds. The Morgan fingerprint density at radius 2 is 1.91 bits per heavy atom. The van der Waals surface area contributed by atoms with Gasteiger partial charge in [0.05, 0.1) is 11.9 Å². The molecule has 1 aliphatic heterocycles. The number of H-pyrrole nitrogens is 1. The van der Waals surface area contributed by atoms with Crippen molar-refractivity contribution in [3.8, 4) is 5.75 Å². The molecular formula is C20H23N3O11. The summed E-state index contributed by atoms with van der Waals surface area (Å²) in [4.78, 5) is 52.9. The summed E-state index contributed by atoms with van der Waals surface area (Å²) in [6, 6.07) is 4.23. The smallest absolute Gasteiger partial charge is 0.330 e. The number of ether oxygens (including phenoxy) is 5. The van der Waals surface area contributed by atoms with Crippen molar-refractivity contribution in [3.05, 3.63) is 57.1 Å². The average Bonchev–Trinajstić information content (AvgIpc) is 3.09. The lowest BCUT2D eigenvalue weighted by Gasteiger charge is -2.16. The van der Waals surface area contributed by atoms with E-state index in [0.29, 0.717) is 11.4 Å². The van der Waals surface area contributed by atoms with Crippen LogP contribution in [0.3, 0.4) is 0 Å². The number of aromatic amines is 1. The number of nitrogens with one attached hydrogen (secondary N) is 1. The first-order valence-electron chi connectivity index (χ1n) is 9.99. The Labute approximate surface area is 191 Å². The minimum absolute atomic E-state index is 0.0618. The highest BCUT2D eigenvalue weighted by molar-refractivity contribution is 5.91. The lowest BCUT2D eigenvalue weighted by molar-refractivity contribution is -0.158. The number of aliphatic hydroxyl groups is 2. The Hall–Kier alpha value is -3.59. The fourth-order valence-corrected chi connectivity index (χ4v) is 2.98. The molecule has 0 radical (unpaired) electrons. The molecule has 184 valence electrons. The normalized spacial score (nSPS) is 21.7. The number of carbonyl (C=O) groups is 2. The first kappa shape index (κ1) is 25.0. The van der Waals surface area contributed by atoms with Crippen molar-refractivity contribution >= 4 is 11.9 Å². The van der Waals surface area contributed by atoms with E-state index in [9.17, 15) is 29.4 Å². The van der Waals surface area contributed by atoms with Crippen LogP contribution in [0.1, 0.15) is 18.3 Å². The Morgan fingerprint density at radius 3 is 2.59 bits per heavy atom. The summed E-state index contributed by atoms with van der Waals surface area (Å²) in [5.41, 5.74) is -1.07. The second-order valence-electron chi connectivity index (χ2n) is 7.12. The highest BCUT2D eigenvalue weighted by Crippen LogP contribution is 2.28. The monoisotopic (exact) mass is 481 g/mol. The summed E-state index contributed by atoms with van der Waals surface area (Å²) in [6.45, 7) is -0.612. The van der Waals surface area contributed by atoms with E-state index >= 15 is 0 Å². The summed E-state index contributed by atoms with van der Waals surface area (Å²) in [6.07, 6.45) is -3.70. The number of methoxy groups -OCH3 is 1. The lowest BCUT2D eigenvalue weighted by atomic mass is 10.1. The molecule has 0 bridgehead atoms. The van der Waals surface area contributed by atoms with Gasteiger partial charge in [0.1, 0.15) is 43.7 Å². The van der Waals surface area contributed by atoms with Gasteiger partial charge in [-0.2, -0.15) is 0 Å². The Bertz CT molecular complexity index is 1100. The van der Waals surface area contributed by atoms with Crippen LogP contribution >= 0.6 is 0 Å². The molecule has 14 heteroatoms. The first-order chi connectivity index (χ1) is 16.3. The van der Waals surface area contributed by atoms with Crippen LogP contribution in [-0.2, 0) is 35.1 Å². The Morgan fingerprint density at radius 1 is 1.15 bits per heavy atom. The third kappa shape index (κ3) is 6.48. The minimum atomic E-state index is -1.53. The summed E-state index contributed by atoms with van der Waals surface area (Å²) in [5, 5.41) is 20.3.